The van der Waals surface area contributed by atoms with Crippen molar-refractivity contribution in [3.8, 4) is 0 Å². The quantitative estimate of drug-likeness (QED) is 0.466. The predicted molar refractivity (Wildman–Crippen MR) is 102 cm³/mol. The average molecular weight is 388 g/mol. The number of imide groups is 1. The number of nitrogens with zero attached hydrogens (tertiary/aromatic N) is 2. The van der Waals surface area contributed by atoms with Gasteiger partial charge in [-0.3, -0.25) is 24.6 Å². The number of amides is 4. The second-order valence-electron chi connectivity index (χ2n) is 7.84. The van der Waals surface area contributed by atoms with Crippen LogP contribution >= 0.6 is 0 Å². The number of carbonyl (C=O) groups is 3. The van der Waals surface area contributed by atoms with Crippen LogP contribution in [-0.2, 0) is 9.59 Å². The number of nitro groups is 1. The van der Waals surface area contributed by atoms with Gasteiger partial charge in [-0.1, -0.05) is 6.92 Å². The summed E-state index contributed by atoms with van der Waals surface area (Å²) in [7, 11) is 0. The molecule has 1 aliphatic heterocycles. The van der Waals surface area contributed by atoms with E-state index in [1.165, 1.54) is 12.1 Å². The summed E-state index contributed by atoms with van der Waals surface area (Å²) in [6.07, 6.45) is 2.78. The first kappa shape index (κ1) is 19.8. The van der Waals surface area contributed by atoms with E-state index in [0.717, 1.165) is 28.9 Å². The zero-order chi connectivity index (χ0) is 20.6. The van der Waals surface area contributed by atoms with Crippen LogP contribution in [0.3, 0.4) is 0 Å². The van der Waals surface area contributed by atoms with Gasteiger partial charge in [0.2, 0.25) is 5.91 Å². The van der Waals surface area contributed by atoms with Crippen LogP contribution in [0.25, 0.3) is 0 Å². The van der Waals surface area contributed by atoms with E-state index < -0.39 is 34.9 Å². The fourth-order valence-corrected chi connectivity index (χ4v) is 3.80. The molecule has 1 aliphatic carbocycles. The molecule has 0 unspecified atom stereocenters. The summed E-state index contributed by atoms with van der Waals surface area (Å²) in [5, 5.41) is 16.5. The normalized spacial score (nSPS) is 24.4. The van der Waals surface area contributed by atoms with Gasteiger partial charge >= 0.3 is 6.03 Å². The Hall–Kier alpha value is -2.97. The fraction of sp³-hybridized carbons (Fsp3) is 0.526. The van der Waals surface area contributed by atoms with Gasteiger partial charge in [0.1, 0.15) is 17.8 Å². The SMILES string of the molecule is Cc1cc(NC(=O)CN2C(=O)NC3(CCC(C)CC3)C2=O)c([N+](=O)[O-])cc1C. The van der Waals surface area contributed by atoms with Gasteiger partial charge < -0.3 is 10.6 Å². The molecule has 1 spiro atoms. The van der Waals surface area contributed by atoms with E-state index >= 15 is 0 Å². The van der Waals surface area contributed by atoms with Gasteiger partial charge in [0.25, 0.3) is 11.6 Å². The van der Waals surface area contributed by atoms with Gasteiger partial charge in [0, 0.05) is 6.07 Å². The second-order valence-corrected chi connectivity index (χ2v) is 7.84. The molecule has 2 aliphatic rings. The summed E-state index contributed by atoms with van der Waals surface area (Å²) >= 11 is 0. The van der Waals surface area contributed by atoms with Crippen molar-refractivity contribution in [3.05, 3.63) is 33.4 Å². The van der Waals surface area contributed by atoms with Gasteiger partial charge in [-0.2, -0.15) is 0 Å². The Labute approximate surface area is 162 Å². The Morgan fingerprint density at radius 1 is 1.29 bits per heavy atom. The molecule has 0 bridgehead atoms. The predicted octanol–water partition coefficient (Wildman–Crippen LogP) is 2.65. The van der Waals surface area contributed by atoms with Crippen molar-refractivity contribution in [2.75, 3.05) is 11.9 Å². The number of benzene rings is 1. The maximum atomic E-state index is 12.8. The molecular formula is C19H24N4O5. The minimum Gasteiger partial charge on any atom is -0.323 e. The van der Waals surface area contributed by atoms with Crippen LogP contribution in [0.1, 0.15) is 43.7 Å². The van der Waals surface area contributed by atoms with Gasteiger partial charge in [-0.05, 0) is 62.6 Å². The van der Waals surface area contributed by atoms with Crippen molar-refractivity contribution in [2.24, 2.45) is 5.92 Å². The summed E-state index contributed by atoms with van der Waals surface area (Å²) < 4.78 is 0. The molecule has 1 aromatic rings. The van der Waals surface area contributed by atoms with Crippen LogP contribution < -0.4 is 10.6 Å². The van der Waals surface area contributed by atoms with Crippen LogP contribution in [-0.4, -0.2) is 39.8 Å². The number of aryl methyl sites for hydroxylation is 2. The number of urea groups is 1. The van der Waals surface area contributed by atoms with Crippen molar-refractivity contribution < 1.29 is 19.3 Å². The molecule has 150 valence electrons. The first-order valence-corrected chi connectivity index (χ1v) is 9.32. The second kappa shape index (κ2) is 7.21. The molecule has 9 nitrogen and oxygen atoms in total. The number of hydrogen-bond acceptors (Lipinski definition) is 5. The highest BCUT2D eigenvalue weighted by Crippen LogP contribution is 2.36. The van der Waals surface area contributed by atoms with Crippen molar-refractivity contribution in [3.63, 3.8) is 0 Å². The zero-order valence-corrected chi connectivity index (χ0v) is 16.2. The fourth-order valence-electron chi connectivity index (χ4n) is 3.80. The van der Waals surface area contributed by atoms with Crippen molar-refractivity contribution >= 4 is 29.2 Å². The zero-order valence-electron chi connectivity index (χ0n) is 16.2. The Bertz CT molecular complexity index is 858. The van der Waals surface area contributed by atoms with E-state index in [-0.39, 0.29) is 11.4 Å². The highest BCUT2D eigenvalue weighted by atomic mass is 16.6. The van der Waals surface area contributed by atoms with E-state index in [1.54, 1.807) is 13.8 Å². The minimum atomic E-state index is -0.920. The lowest BCUT2D eigenvalue weighted by Crippen LogP contribution is -2.49. The standard InChI is InChI=1S/C19H24N4O5/c1-11-4-6-19(7-5-11)17(25)22(18(26)21-19)10-16(24)20-14-8-12(2)13(3)9-15(14)23(27)28/h8-9,11H,4-7,10H2,1-3H3,(H,20,24)(H,21,26). The number of rotatable bonds is 4. The molecule has 1 saturated carbocycles. The van der Waals surface area contributed by atoms with Gasteiger partial charge in [-0.15, -0.1) is 0 Å². The molecular weight excluding hydrogens is 364 g/mol. The van der Waals surface area contributed by atoms with Crippen molar-refractivity contribution in [1.29, 1.82) is 0 Å². The smallest absolute Gasteiger partial charge is 0.323 e. The van der Waals surface area contributed by atoms with Gasteiger partial charge in [0.05, 0.1) is 4.92 Å². The van der Waals surface area contributed by atoms with Crippen LogP contribution in [0, 0.1) is 29.9 Å². The summed E-state index contributed by atoms with van der Waals surface area (Å²) in [4.78, 5) is 49.2. The van der Waals surface area contributed by atoms with E-state index in [2.05, 4.69) is 17.6 Å². The molecule has 3 rings (SSSR count). The lowest BCUT2D eigenvalue weighted by atomic mass is 9.77. The maximum Gasteiger partial charge on any atom is 0.325 e. The number of nitro benzene ring substituents is 1. The molecule has 0 aromatic heterocycles. The van der Waals surface area contributed by atoms with Crippen molar-refractivity contribution in [2.45, 2.75) is 52.0 Å². The molecule has 0 atom stereocenters. The summed E-state index contributed by atoms with van der Waals surface area (Å²) in [5.74, 6) is -0.553. The molecule has 0 radical (unpaired) electrons. The third kappa shape index (κ3) is 3.56. The Kier molecular flexibility index (Phi) is 5.10. The first-order valence-electron chi connectivity index (χ1n) is 9.32. The van der Waals surface area contributed by atoms with Gasteiger partial charge in [-0.25, -0.2) is 4.79 Å². The number of carbonyl (C=O) groups excluding carboxylic acids is 3. The topological polar surface area (TPSA) is 122 Å². The van der Waals surface area contributed by atoms with Crippen LogP contribution in [0.5, 0.6) is 0 Å². The van der Waals surface area contributed by atoms with E-state index in [4.69, 9.17) is 0 Å². The molecule has 1 aromatic carbocycles. The number of anilines is 1. The monoisotopic (exact) mass is 388 g/mol. The average Bonchev–Trinajstić information content (AvgIpc) is 2.84. The molecule has 1 saturated heterocycles. The largest absolute Gasteiger partial charge is 0.325 e. The summed E-state index contributed by atoms with van der Waals surface area (Å²) in [6, 6.07) is 2.31. The molecule has 1 heterocycles. The molecule has 4 amide bonds. The number of nitrogens with one attached hydrogen (secondary N) is 2. The lowest BCUT2D eigenvalue weighted by Gasteiger charge is -2.33. The van der Waals surface area contributed by atoms with Gasteiger partial charge in [0.15, 0.2) is 0 Å². The maximum absolute atomic E-state index is 12.8. The Balaban J connectivity index is 1.74. The number of hydrogen-bond donors (Lipinski definition) is 2. The third-order valence-corrected chi connectivity index (χ3v) is 5.76. The highest BCUT2D eigenvalue weighted by molar-refractivity contribution is 6.10. The Morgan fingerprint density at radius 2 is 1.89 bits per heavy atom. The van der Waals surface area contributed by atoms with E-state index in [0.29, 0.717) is 18.8 Å². The minimum absolute atomic E-state index is 0.0476. The summed E-state index contributed by atoms with van der Waals surface area (Å²) in [6.45, 7) is 5.15. The molecule has 9 heteroatoms. The first-order chi connectivity index (χ1) is 13.1. The summed E-state index contributed by atoms with van der Waals surface area (Å²) in [5.41, 5.74) is 0.409. The Morgan fingerprint density at radius 3 is 2.50 bits per heavy atom. The van der Waals surface area contributed by atoms with Crippen LogP contribution in [0.4, 0.5) is 16.2 Å². The molecule has 2 fully saturated rings. The molecule has 28 heavy (non-hydrogen) atoms. The van der Waals surface area contributed by atoms with E-state index in [9.17, 15) is 24.5 Å². The van der Waals surface area contributed by atoms with Crippen LogP contribution in [0.15, 0.2) is 12.1 Å². The third-order valence-electron chi connectivity index (χ3n) is 5.76. The van der Waals surface area contributed by atoms with Crippen LogP contribution in [0.2, 0.25) is 0 Å². The highest BCUT2D eigenvalue weighted by Gasteiger charge is 2.52. The molecule has 2 N–H and O–H groups in total. The van der Waals surface area contributed by atoms with E-state index in [1.807, 2.05) is 0 Å². The van der Waals surface area contributed by atoms with Crippen molar-refractivity contribution in [1.82, 2.24) is 10.2 Å². The lowest BCUT2D eigenvalue weighted by molar-refractivity contribution is -0.384.